The molecule has 1 fully saturated rings. The minimum absolute atomic E-state index is 0.240. The van der Waals surface area contributed by atoms with Crippen LogP contribution in [0.5, 0.6) is 0 Å². The number of hydrogen-bond donors (Lipinski definition) is 2. The van der Waals surface area contributed by atoms with Crippen LogP contribution in [0.2, 0.25) is 0 Å². The highest BCUT2D eigenvalue weighted by atomic mass is 16.1. The quantitative estimate of drug-likeness (QED) is 0.717. The van der Waals surface area contributed by atoms with E-state index in [1.165, 1.54) is 32.4 Å². The van der Waals surface area contributed by atoms with Gasteiger partial charge in [0.15, 0.2) is 0 Å². The number of likely N-dealkylation sites (tertiary alicyclic amines) is 1. The van der Waals surface area contributed by atoms with Crippen LogP contribution in [0.25, 0.3) is 0 Å². The third-order valence-corrected chi connectivity index (χ3v) is 4.59. The Balaban J connectivity index is 2.33. The third-order valence-electron chi connectivity index (χ3n) is 4.59. The second kappa shape index (κ2) is 7.99. The Bertz CT molecular complexity index is 298. The Morgan fingerprint density at radius 2 is 2.00 bits per heavy atom. The maximum atomic E-state index is 11.7. The van der Waals surface area contributed by atoms with E-state index in [0.29, 0.717) is 0 Å². The Morgan fingerprint density at radius 1 is 1.40 bits per heavy atom. The first-order chi connectivity index (χ1) is 9.37. The molecule has 0 aliphatic carbocycles. The summed E-state index contributed by atoms with van der Waals surface area (Å²) in [4.78, 5) is 14.2. The van der Waals surface area contributed by atoms with Crippen molar-refractivity contribution in [2.45, 2.75) is 71.4 Å². The van der Waals surface area contributed by atoms with E-state index < -0.39 is 5.54 Å². The minimum atomic E-state index is -0.574. The van der Waals surface area contributed by atoms with Gasteiger partial charge in [0.1, 0.15) is 0 Å². The summed E-state index contributed by atoms with van der Waals surface area (Å²) in [6.45, 7) is 11.8. The molecule has 4 heteroatoms. The molecular formula is C16H33N3O. The molecule has 1 amide bonds. The van der Waals surface area contributed by atoms with Gasteiger partial charge in [0.05, 0.1) is 5.54 Å². The largest absolute Gasteiger partial charge is 0.368 e. The average Bonchev–Trinajstić information content (AvgIpc) is 2.38. The van der Waals surface area contributed by atoms with Crippen LogP contribution in [-0.2, 0) is 4.79 Å². The van der Waals surface area contributed by atoms with E-state index in [-0.39, 0.29) is 11.9 Å². The fraction of sp³-hybridized carbons (Fsp3) is 0.938. The normalized spacial score (nSPS) is 21.1. The number of piperidine rings is 1. The van der Waals surface area contributed by atoms with Crippen molar-refractivity contribution in [2.24, 2.45) is 11.7 Å². The van der Waals surface area contributed by atoms with Crippen LogP contribution < -0.4 is 11.1 Å². The summed E-state index contributed by atoms with van der Waals surface area (Å²) in [7, 11) is 0. The number of rotatable bonds is 8. The summed E-state index contributed by atoms with van der Waals surface area (Å²) < 4.78 is 0. The molecule has 1 atom stereocenters. The lowest BCUT2D eigenvalue weighted by molar-refractivity contribution is -0.124. The molecule has 1 heterocycles. The van der Waals surface area contributed by atoms with E-state index in [2.05, 4.69) is 31.0 Å². The first-order valence-corrected chi connectivity index (χ1v) is 8.17. The highest BCUT2D eigenvalue weighted by Crippen LogP contribution is 2.21. The van der Waals surface area contributed by atoms with E-state index in [0.717, 1.165) is 25.3 Å². The number of carbonyl (C=O) groups is 1. The summed E-state index contributed by atoms with van der Waals surface area (Å²) >= 11 is 0. The number of primary amides is 1. The molecule has 0 aromatic heterocycles. The second-order valence-electron chi connectivity index (χ2n) is 6.79. The van der Waals surface area contributed by atoms with Crippen molar-refractivity contribution in [3.63, 3.8) is 0 Å². The minimum Gasteiger partial charge on any atom is -0.368 e. The van der Waals surface area contributed by atoms with Gasteiger partial charge < -0.3 is 16.0 Å². The van der Waals surface area contributed by atoms with Crippen LogP contribution in [0.4, 0.5) is 0 Å². The number of carbonyl (C=O) groups excluding carboxylic acids is 1. The van der Waals surface area contributed by atoms with Crippen LogP contribution in [0, 0.1) is 5.92 Å². The van der Waals surface area contributed by atoms with Gasteiger partial charge in [-0.1, -0.05) is 13.3 Å². The topological polar surface area (TPSA) is 58.4 Å². The van der Waals surface area contributed by atoms with Gasteiger partial charge in [-0.3, -0.25) is 4.79 Å². The Hall–Kier alpha value is -0.610. The number of amides is 1. The van der Waals surface area contributed by atoms with Gasteiger partial charge in [-0.15, -0.1) is 0 Å². The van der Waals surface area contributed by atoms with E-state index in [4.69, 9.17) is 5.73 Å². The van der Waals surface area contributed by atoms with E-state index >= 15 is 0 Å². The predicted molar refractivity (Wildman–Crippen MR) is 84.6 cm³/mol. The van der Waals surface area contributed by atoms with Crippen molar-refractivity contribution in [3.05, 3.63) is 0 Å². The molecule has 4 nitrogen and oxygen atoms in total. The van der Waals surface area contributed by atoms with Crippen LogP contribution in [0.1, 0.15) is 59.8 Å². The SMILES string of the molecule is CCC1CCN(CCCC(C)(NC(C)C)C(N)=O)CC1. The molecule has 1 aliphatic rings. The van der Waals surface area contributed by atoms with Crippen molar-refractivity contribution in [1.29, 1.82) is 0 Å². The monoisotopic (exact) mass is 283 g/mol. The zero-order chi connectivity index (χ0) is 15.2. The number of nitrogens with two attached hydrogens (primary N) is 1. The second-order valence-corrected chi connectivity index (χ2v) is 6.79. The molecule has 0 aromatic carbocycles. The smallest absolute Gasteiger partial charge is 0.237 e. The summed E-state index contributed by atoms with van der Waals surface area (Å²) in [5.74, 6) is 0.681. The maximum Gasteiger partial charge on any atom is 0.237 e. The van der Waals surface area contributed by atoms with Crippen LogP contribution in [-0.4, -0.2) is 42.0 Å². The lowest BCUT2D eigenvalue weighted by atomic mass is 9.92. The van der Waals surface area contributed by atoms with Crippen molar-refractivity contribution in [2.75, 3.05) is 19.6 Å². The molecular weight excluding hydrogens is 250 g/mol. The van der Waals surface area contributed by atoms with Gasteiger partial charge in [0.2, 0.25) is 5.91 Å². The molecule has 1 unspecified atom stereocenters. The maximum absolute atomic E-state index is 11.7. The molecule has 3 N–H and O–H groups in total. The van der Waals surface area contributed by atoms with Gasteiger partial charge >= 0.3 is 0 Å². The first-order valence-electron chi connectivity index (χ1n) is 8.17. The predicted octanol–water partition coefficient (Wildman–Crippen LogP) is 2.13. The zero-order valence-electron chi connectivity index (χ0n) is 13.7. The molecule has 0 saturated carbocycles. The molecule has 0 bridgehead atoms. The summed E-state index contributed by atoms with van der Waals surface area (Å²) in [5, 5.41) is 3.32. The van der Waals surface area contributed by atoms with E-state index in [9.17, 15) is 4.79 Å². The Labute approximate surface area is 124 Å². The molecule has 1 rings (SSSR count). The van der Waals surface area contributed by atoms with Crippen LogP contribution in [0.15, 0.2) is 0 Å². The molecule has 1 saturated heterocycles. The molecule has 20 heavy (non-hydrogen) atoms. The van der Waals surface area contributed by atoms with Crippen molar-refractivity contribution in [1.82, 2.24) is 10.2 Å². The third kappa shape index (κ3) is 5.41. The molecule has 0 radical (unpaired) electrons. The van der Waals surface area contributed by atoms with Gasteiger partial charge in [0, 0.05) is 6.04 Å². The van der Waals surface area contributed by atoms with E-state index in [1.807, 2.05) is 6.92 Å². The first kappa shape index (κ1) is 17.4. The fourth-order valence-electron chi connectivity index (χ4n) is 3.18. The van der Waals surface area contributed by atoms with E-state index in [1.54, 1.807) is 0 Å². The lowest BCUT2D eigenvalue weighted by Gasteiger charge is -2.33. The van der Waals surface area contributed by atoms with Crippen molar-refractivity contribution >= 4 is 5.91 Å². The van der Waals surface area contributed by atoms with Crippen molar-refractivity contribution in [3.8, 4) is 0 Å². The number of nitrogens with one attached hydrogen (secondary N) is 1. The van der Waals surface area contributed by atoms with Gasteiger partial charge in [0.25, 0.3) is 0 Å². The zero-order valence-corrected chi connectivity index (χ0v) is 13.7. The van der Waals surface area contributed by atoms with Gasteiger partial charge in [-0.2, -0.15) is 0 Å². The van der Waals surface area contributed by atoms with Gasteiger partial charge in [-0.05, 0) is 72.0 Å². The molecule has 0 aromatic rings. The van der Waals surface area contributed by atoms with Crippen LogP contribution >= 0.6 is 0 Å². The standard InChI is InChI=1S/C16H33N3O/c1-5-14-7-11-19(12-8-14)10-6-9-16(4,15(17)20)18-13(2)3/h13-14,18H,5-12H2,1-4H3,(H2,17,20). The molecule has 1 aliphatic heterocycles. The van der Waals surface area contributed by atoms with Crippen molar-refractivity contribution < 1.29 is 4.79 Å². The summed E-state index contributed by atoms with van der Waals surface area (Å²) in [6.07, 6.45) is 5.80. The number of nitrogens with zero attached hydrogens (tertiary/aromatic N) is 1. The fourth-order valence-corrected chi connectivity index (χ4v) is 3.18. The summed E-state index contributed by atoms with van der Waals surface area (Å²) in [6, 6.07) is 0.271. The highest BCUT2D eigenvalue weighted by Gasteiger charge is 2.31. The number of hydrogen-bond acceptors (Lipinski definition) is 3. The Kier molecular flexibility index (Phi) is 6.96. The average molecular weight is 283 g/mol. The highest BCUT2D eigenvalue weighted by molar-refractivity contribution is 5.84. The summed E-state index contributed by atoms with van der Waals surface area (Å²) in [5.41, 5.74) is 4.99. The van der Waals surface area contributed by atoms with Gasteiger partial charge in [-0.25, -0.2) is 0 Å². The lowest BCUT2D eigenvalue weighted by Crippen LogP contribution is -2.55. The Morgan fingerprint density at radius 3 is 2.45 bits per heavy atom. The molecule has 118 valence electrons. The molecule has 0 spiro atoms. The van der Waals surface area contributed by atoms with Crippen LogP contribution in [0.3, 0.4) is 0 Å².